The SMILES string of the molecule is c1ccc(-c2cc(-c3cccc(-c4ncnc5c4oc4ccccc45)c3)cc(-c3nc(-c4ccccc4)nc(-c4ccccc4)n3)c2)cc1. The molecular weight excluding hydrogens is 603 g/mol. The van der Waals surface area contributed by atoms with Crippen molar-refractivity contribution in [1.82, 2.24) is 24.9 Å². The second-order valence-corrected chi connectivity index (χ2v) is 11.8. The third-order valence-electron chi connectivity index (χ3n) is 8.63. The molecule has 0 aliphatic carbocycles. The number of hydrogen-bond acceptors (Lipinski definition) is 6. The maximum absolute atomic E-state index is 6.29. The number of aromatic nitrogens is 5. The van der Waals surface area contributed by atoms with Crippen LogP contribution in [0.25, 0.3) is 89.7 Å². The molecule has 0 saturated heterocycles. The minimum Gasteiger partial charge on any atom is -0.452 e. The van der Waals surface area contributed by atoms with Crippen LogP contribution in [0.15, 0.2) is 168 Å². The molecule has 0 atom stereocenters. The average Bonchev–Trinajstić information content (AvgIpc) is 3.58. The number of nitrogens with zero attached hydrogens (tertiary/aromatic N) is 5. The van der Waals surface area contributed by atoms with Crippen LogP contribution in [0.3, 0.4) is 0 Å². The monoisotopic (exact) mass is 629 g/mol. The molecule has 0 radical (unpaired) electrons. The quantitative estimate of drug-likeness (QED) is 0.182. The maximum Gasteiger partial charge on any atom is 0.180 e. The van der Waals surface area contributed by atoms with Crippen molar-refractivity contribution in [2.75, 3.05) is 0 Å². The predicted octanol–water partition coefficient (Wildman–Crippen LogP) is 10.6. The fraction of sp³-hybridized carbons (Fsp3) is 0. The fourth-order valence-corrected chi connectivity index (χ4v) is 6.23. The average molecular weight is 630 g/mol. The number of para-hydroxylation sites is 1. The summed E-state index contributed by atoms with van der Waals surface area (Å²) in [5.74, 6) is 1.84. The van der Waals surface area contributed by atoms with E-state index in [2.05, 4.69) is 76.7 Å². The molecule has 3 aromatic heterocycles. The van der Waals surface area contributed by atoms with E-state index in [0.717, 1.165) is 66.7 Å². The van der Waals surface area contributed by atoms with Gasteiger partial charge in [0, 0.05) is 27.6 Å². The highest BCUT2D eigenvalue weighted by molar-refractivity contribution is 6.06. The van der Waals surface area contributed by atoms with E-state index in [-0.39, 0.29) is 0 Å². The Bertz CT molecular complexity index is 2540. The van der Waals surface area contributed by atoms with E-state index in [1.807, 2.05) is 91.0 Å². The largest absolute Gasteiger partial charge is 0.452 e. The lowest BCUT2D eigenvalue weighted by atomic mass is 9.94. The van der Waals surface area contributed by atoms with Gasteiger partial charge >= 0.3 is 0 Å². The van der Waals surface area contributed by atoms with Crippen molar-refractivity contribution in [2.24, 2.45) is 0 Å². The standard InChI is InChI=1S/C43H27N5O/c1-4-13-28(14-5-1)33-24-34(31-19-12-20-32(23-31)38-40-39(45-27-44-38)36-21-10-11-22-37(36)49-40)26-35(25-33)43-47-41(29-15-6-2-7-16-29)46-42(48-43)30-17-8-3-9-18-30/h1-27H. The van der Waals surface area contributed by atoms with Gasteiger partial charge in [0.25, 0.3) is 0 Å². The molecular formula is C43H27N5O. The van der Waals surface area contributed by atoms with Crippen LogP contribution in [0.4, 0.5) is 0 Å². The summed E-state index contributed by atoms with van der Waals surface area (Å²) in [5.41, 5.74) is 10.9. The first-order valence-corrected chi connectivity index (χ1v) is 16.1. The molecule has 0 bridgehead atoms. The zero-order valence-electron chi connectivity index (χ0n) is 26.2. The summed E-state index contributed by atoms with van der Waals surface area (Å²) >= 11 is 0. The van der Waals surface area contributed by atoms with Gasteiger partial charge < -0.3 is 4.42 Å². The van der Waals surface area contributed by atoms with Crippen molar-refractivity contribution in [3.05, 3.63) is 164 Å². The third kappa shape index (κ3) is 5.41. The van der Waals surface area contributed by atoms with E-state index in [1.54, 1.807) is 6.33 Å². The zero-order valence-corrected chi connectivity index (χ0v) is 26.2. The number of benzene rings is 6. The first kappa shape index (κ1) is 28.4. The topological polar surface area (TPSA) is 77.6 Å². The van der Waals surface area contributed by atoms with Crippen molar-refractivity contribution in [3.63, 3.8) is 0 Å². The molecule has 0 aliphatic heterocycles. The van der Waals surface area contributed by atoms with Gasteiger partial charge in [-0.25, -0.2) is 24.9 Å². The van der Waals surface area contributed by atoms with Crippen LogP contribution < -0.4 is 0 Å². The second kappa shape index (κ2) is 12.1. The normalized spacial score (nSPS) is 11.3. The van der Waals surface area contributed by atoms with Gasteiger partial charge in [-0.15, -0.1) is 0 Å². The minimum atomic E-state index is 0.600. The van der Waals surface area contributed by atoms with E-state index < -0.39 is 0 Å². The van der Waals surface area contributed by atoms with E-state index in [0.29, 0.717) is 23.1 Å². The van der Waals surface area contributed by atoms with Crippen LogP contribution in [0.2, 0.25) is 0 Å². The highest BCUT2D eigenvalue weighted by Crippen LogP contribution is 2.37. The van der Waals surface area contributed by atoms with Gasteiger partial charge in [0.2, 0.25) is 0 Å². The van der Waals surface area contributed by atoms with Gasteiger partial charge in [0.05, 0.1) is 0 Å². The summed E-state index contributed by atoms with van der Waals surface area (Å²) in [6.07, 6.45) is 1.61. The summed E-state index contributed by atoms with van der Waals surface area (Å²) in [7, 11) is 0. The van der Waals surface area contributed by atoms with Crippen LogP contribution in [-0.2, 0) is 0 Å². The lowest BCUT2D eigenvalue weighted by molar-refractivity contribution is 0.667. The van der Waals surface area contributed by atoms with Crippen LogP contribution in [0, 0.1) is 0 Å². The zero-order chi connectivity index (χ0) is 32.6. The smallest absolute Gasteiger partial charge is 0.180 e. The lowest BCUT2D eigenvalue weighted by Crippen LogP contribution is -2.00. The Morgan fingerprint density at radius 3 is 1.53 bits per heavy atom. The lowest BCUT2D eigenvalue weighted by Gasteiger charge is -2.13. The Balaban J connectivity index is 1.23. The van der Waals surface area contributed by atoms with E-state index >= 15 is 0 Å². The summed E-state index contributed by atoms with van der Waals surface area (Å²) in [4.78, 5) is 24.2. The van der Waals surface area contributed by atoms with Gasteiger partial charge in [-0.2, -0.15) is 0 Å². The van der Waals surface area contributed by atoms with Gasteiger partial charge in [0.15, 0.2) is 23.1 Å². The summed E-state index contributed by atoms with van der Waals surface area (Å²) in [5, 5.41) is 0.972. The third-order valence-corrected chi connectivity index (χ3v) is 8.63. The van der Waals surface area contributed by atoms with Crippen LogP contribution in [-0.4, -0.2) is 24.9 Å². The molecule has 9 rings (SSSR count). The highest BCUT2D eigenvalue weighted by Gasteiger charge is 2.17. The minimum absolute atomic E-state index is 0.600. The number of hydrogen-bond donors (Lipinski definition) is 0. The number of fused-ring (bicyclic) bond motifs is 3. The molecule has 3 heterocycles. The van der Waals surface area contributed by atoms with Crippen LogP contribution in [0.5, 0.6) is 0 Å². The Morgan fingerprint density at radius 2 is 0.857 bits per heavy atom. The van der Waals surface area contributed by atoms with Crippen molar-refractivity contribution >= 4 is 22.1 Å². The van der Waals surface area contributed by atoms with Gasteiger partial charge in [0.1, 0.15) is 23.1 Å². The summed E-state index contributed by atoms with van der Waals surface area (Å²) < 4.78 is 6.29. The molecule has 0 fully saturated rings. The van der Waals surface area contributed by atoms with Gasteiger partial charge in [-0.1, -0.05) is 121 Å². The Morgan fingerprint density at radius 1 is 0.367 bits per heavy atom. The molecule has 230 valence electrons. The number of rotatable bonds is 6. The summed E-state index contributed by atoms with van der Waals surface area (Å²) in [6, 6.07) is 53.3. The molecule has 0 spiro atoms. The van der Waals surface area contributed by atoms with Gasteiger partial charge in [-0.05, 0) is 58.7 Å². The molecule has 6 heteroatoms. The molecule has 0 unspecified atom stereocenters. The predicted molar refractivity (Wildman–Crippen MR) is 195 cm³/mol. The molecule has 9 aromatic rings. The van der Waals surface area contributed by atoms with E-state index in [9.17, 15) is 0 Å². The first-order valence-electron chi connectivity index (χ1n) is 16.1. The maximum atomic E-state index is 6.29. The van der Waals surface area contributed by atoms with E-state index in [1.165, 1.54) is 0 Å². The first-order chi connectivity index (χ1) is 24.3. The van der Waals surface area contributed by atoms with E-state index in [4.69, 9.17) is 19.4 Å². The molecule has 6 nitrogen and oxygen atoms in total. The molecule has 0 aliphatic rings. The molecule has 49 heavy (non-hydrogen) atoms. The fourth-order valence-electron chi connectivity index (χ4n) is 6.23. The van der Waals surface area contributed by atoms with Gasteiger partial charge in [-0.3, -0.25) is 0 Å². The molecule has 6 aromatic carbocycles. The van der Waals surface area contributed by atoms with Crippen LogP contribution >= 0.6 is 0 Å². The summed E-state index contributed by atoms with van der Waals surface area (Å²) in [6.45, 7) is 0. The molecule has 0 N–H and O–H groups in total. The molecule has 0 amide bonds. The van der Waals surface area contributed by atoms with Crippen molar-refractivity contribution in [3.8, 4) is 67.7 Å². The molecule has 0 saturated carbocycles. The van der Waals surface area contributed by atoms with Crippen molar-refractivity contribution < 1.29 is 4.42 Å². The van der Waals surface area contributed by atoms with Crippen molar-refractivity contribution in [2.45, 2.75) is 0 Å². The van der Waals surface area contributed by atoms with Crippen LogP contribution in [0.1, 0.15) is 0 Å². The second-order valence-electron chi connectivity index (χ2n) is 11.8. The highest BCUT2D eigenvalue weighted by atomic mass is 16.3. The van der Waals surface area contributed by atoms with Crippen molar-refractivity contribution in [1.29, 1.82) is 0 Å². The Hall–Kier alpha value is -6.79. The number of furan rings is 1. The Labute approximate surface area is 282 Å². The Kier molecular flexibility index (Phi) is 7.02.